The number of ether oxygens (including phenoxy) is 2. The van der Waals surface area contributed by atoms with Crippen LogP contribution in [0.3, 0.4) is 0 Å². The second-order valence-corrected chi connectivity index (χ2v) is 5.43. The van der Waals surface area contributed by atoms with Crippen LogP contribution in [0, 0.1) is 0 Å². The van der Waals surface area contributed by atoms with Gasteiger partial charge in [0.05, 0.1) is 12.8 Å². The van der Waals surface area contributed by atoms with Crippen LogP contribution in [-0.2, 0) is 11.3 Å². The molecule has 7 nitrogen and oxygen atoms in total. The molecular formula is C15H14N4O3S. The van der Waals surface area contributed by atoms with Crippen LogP contribution in [0.2, 0.25) is 0 Å². The number of nitrogens with zero attached hydrogens (tertiary/aromatic N) is 3. The van der Waals surface area contributed by atoms with Gasteiger partial charge in [-0.15, -0.1) is 0 Å². The number of methoxy groups -OCH3 is 1. The van der Waals surface area contributed by atoms with E-state index in [-0.39, 0.29) is 23.1 Å². The van der Waals surface area contributed by atoms with Gasteiger partial charge < -0.3 is 15.2 Å². The van der Waals surface area contributed by atoms with Gasteiger partial charge in [-0.25, -0.2) is 9.48 Å². The van der Waals surface area contributed by atoms with Gasteiger partial charge in [0.25, 0.3) is 0 Å². The predicted molar refractivity (Wildman–Crippen MR) is 85.8 cm³/mol. The van der Waals surface area contributed by atoms with Gasteiger partial charge in [-0.1, -0.05) is 12.1 Å². The van der Waals surface area contributed by atoms with Crippen molar-refractivity contribution in [3.05, 3.63) is 53.9 Å². The number of esters is 1. The number of benzene rings is 1. The Bertz CT molecular complexity index is 814. The van der Waals surface area contributed by atoms with E-state index in [1.807, 2.05) is 36.5 Å². The lowest BCUT2D eigenvalue weighted by Gasteiger charge is -2.07. The Balaban J connectivity index is 1.77. The first-order valence-electron chi connectivity index (χ1n) is 6.74. The molecule has 0 saturated heterocycles. The molecule has 0 radical (unpaired) electrons. The Kier molecular flexibility index (Phi) is 4.24. The van der Waals surface area contributed by atoms with Crippen molar-refractivity contribution in [1.82, 2.24) is 14.2 Å². The molecule has 0 saturated carbocycles. The lowest BCUT2D eigenvalue weighted by atomic mass is 10.2. The van der Waals surface area contributed by atoms with Crippen LogP contribution < -0.4 is 10.5 Å². The maximum absolute atomic E-state index is 11.7. The highest BCUT2D eigenvalue weighted by atomic mass is 32.1. The number of carbonyl (C=O) groups is 1. The van der Waals surface area contributed by atoms with Crippen molar-refractivity contribution >= 4 is 22.5 Å². The summed E-state index contributed by atoms with van der Waals surface area (Å²) in [6.45, 7) is 0.252. The molecule has 23 heavy (non-hydrogen) atoms. The number of rotatable bonds is 5. The van der Waals surface area contributed by atoms with Crippen LogP contribution in [0.15, 0.2) is 42.7 Å². The topological polar surface area (TPSA) is 92.3 Å². The monoisotopic (exact) mass is 330 g/mol. The summed E-state index contributed by atoms with van der Waals surface area (Å²) in [6.07, 6.45) is 3.57. The third-order valence-corrected chi connectivity index (χ3v) is 3.79. The molecule has 0 spiro atoms. The van der Waals surface area contributed by atoms with E-state index in [1.165, 1.54) is 7.11 Å². The minimum absolute atomic E-state index is 0.167. The molecule has 3 aromatic rings. The summed E-state index contributed by atoms with van der Waals surface area (Å²) in [4.78, 5) is 11.7. The average Bonchev–Trinajstić information content (AvgIpc) is 3.22. The van der Waals surface area contributed by atoms with E-state index < -0.39 is 5.97 Å². The summed E-state index contributed by atoms with van der Waals surface area (Å²) >= 11 is 0.999. The van der Waals surface area contributed by atoms with E-state index >= 15 is 0 Å². The zero-order valence-corrected chi connectivity index (χ0v) is 13.1. The summed E-state index contributed by atoms with van der Waals surface area (Å²) in [5.41, 5.74) is 7.74. The normalized spacial score (nSPS) is 10.5. The SMILES string of the molecule is COC(=O)c1c(OCc2cccc(-n3cccn3)c2)nsc1N. The number of nitrogen functional groups attached to an aromatic ring is 1. The average molecular weight is 330 g/mol. The Morgan fingerprint density at radius 1 is 1.39 bits per heavy atom. The summed E-state index contributed by atoms with van der Waals surface area (Å²) in [6, 6.07) is 9.56. The Morgan fingerprint density at radius 3 is 3.00 bits per heavy atom. The van der Waals surface area contributed by atoms with Crippen molar-refractivity contribution in [3.63, 3.8) is 0 Å². The van der Waals surface area contributed by atoms with Crippen LogP contribution in [0.1, 0.15) is 15.9 Å². The summed E-state index contributed by atoms with van der Waals surface area (Å²) in [5.74, 6) is -0.375. The minimum Gasteiger partial charge on any atom is -0.472 e. The predicted octanol–water partition coefficient (Wildman–Crippen LogP) is 2.28. The maximum atomic E-state index is 11.7. The van der Waals surface area contributed by atoms with E-state index in [4.69, 9.17) is 15.2 Å². The van der Waals surface area contributed by atoms with Crippen molar-refractivity contribution in [2.75, 3.05) is 12.8 Å². The molecule has 118 valence electrons. The van der Waals surface area contributed by atoms with Gasteiger partial charge in [-0.2, -0.15) is 9.47 Å². The minimum atomic E-state index is -0.559. The van der Waals surface area contributed by atoms with Crippen molar-refractivity contribution in [3.8, 4) is 11.6 Å². The first-order chi connectivity index (χ1) is 11.2. The molecule has 0 aliphatic carbocycles. The zero-order valence-electron chi connectivity index (χ0n) is 12.3. The third kappa shape index (κ3) is 3.16. The Morgan fingerprint density at radius 2 is 2.26 bits per heavy atom. The summed E-state index contributed by atoms with van der Waals surface area (Å²) in [7, 11) is 1.29. The Labute approximate surface area is 136 Å². The molecule has 3 rings (SSSR count). The van der Waals surface area contributed by atoms with Crippen LogP contribution in [0.25, 0.3) is 5.69 Å². The zero-order chi connectivity index (χ0) is 16.2. The number of hydrogen-bond donors (Lipinski definition) is 1. The van der Waals surface area contributed by atoms with E-state index in [1.54, 1.807) is 10.9 Å². The van der Waals surface area contributed by atoms with Gasteiger partial charge in [-0.3, -0.25) is 0 Å². The fraction of sp³-hybridized carbons (Fsp3) is 0.133. The summed E-state index contributed by atoms with van der Waals surface area (Å²) < 4.78 is 16.1. The van der Waals surface area contributed by atoms with Gasteiger partial charge in [0, 0.05) is 12.4 Å². The van der Waals surface area contributed by atoms with Gasteiger partial charge >= 0.3 is 5.97 Å². The highest BCUT2D eigenvalue weighted by Crippen LogP contribution is 2.29. The van der Waals surface area contributed by atoms with Crippen LogP contribution in [0.4, 0.5) is 5.00 Å². The molecule has 1 aromatic carbocycles. The second kappa shape index (κ2) is 6.49. The quantitative estimate of drug-likeness (QED) is 0.722. The molecule has 0 fully saturated rings. The molecular weight excluding hydrogens is 316 g/mol. The molecule has 2 aromatic heterocycles. The highest BCUT2D eigenvalue weighted by Gasteiger charge is 2.21. The lowest BCUT2D eigenvalue weighted by molar-refractivity contribution is 0.0597. The molecule has 2 heterocycles. The number of nitrogens with two attached hydrogens (primary N) is 1. The molecule has 8 heteroatoms. The molecule has 2 N–H and O–H groups in total. The van der Waals surface area contributed by atoms with E-state index in [0.717, 1.165) is 22.8 Å². The van der Waals surface area contributed by atoms with Crippen molar-refractivity contribution in [1.29, 1.82) is 0 Å². The van der Waals surface area contributed by atoms with Crippen LogP contribution >= 0.6 is 11.5 Å². The smallest absolute Gasteiger partial charge is 0.346 e. The number of hydrogen-bond acceptors (Lipinski definition) is 7. The number of carbonyl (C=O) groups excluding carboxylic acids is 1. The largest absolute Gasteiger partial charge is 0.472 e. The Hall–Kier alpha value is -2.87. The number of aromatic nitrogens is 3. The fourth-order valence-corrected chi connectivity index (χ4v) is 2.62. The van der Waals surface area contributed by atoms with Crippen molar-refractivity contribution in [2.24, 2.45) is 0 Å². The standard InChI is InChI=1S/C15H14N4O3S/c1-21-15(20)12-13(16)23-18-14(12)22-9-10-4-2-5-11(8-10)19-7-3-6-17-19/h2-8H,9,16H2,1H3. The van der Waals surface area contributed by atoms with Crippen LogP contribution in [0.5, 0.6) is 5.88 Å². The lowest BCUT2D eigenvalue weighted by Crippen LogP contribution is -2.07. The highest BCUT2D eigenvalue weighted by molar-refractivity contribution is 7.10. The molecule has 0 bridgehead atoms. The fourth-order valence-electron chi connectivity index (χ4n) is 2.04. The van der Waals surface area contributed by atoms with Gasteiger partial charge in [0.1, 0.15) is 11.6 Å². The molecule has 0 unspecified atom stereocenters. The molecule has 0 amide bonds. The van der Waals surface area contributed by atoms with Crippen molar-refractivity contribution < 1.29 is 14.3 Å². The third-order valence-electron chi connectivity index (χ3n) is 3.13. The maximum Gasteiger partial charge on any atom is 0.346 e. The number of anilines is 1. The van der Waals surface area contributed by atoms with Crippen molar-refractivity contribution in [2.45, 2.75) is 6.61 Å². The summed E-state index contributed by atoms with van der Waals surface area (Å²) in [5, 5.41) is 4.46. The van der Waals surface area contributed by atoms with E-state index in [2.05, 4.69) is 9.47 Å². The van der Waals surface area contributed by atoms with Gasteiger partial charge in [0.15, 0.2) is 5.56 Å². The first-order valence-corrected chi connectivity index (χ1v) is 7.51. The molecule has 0 atom stereocenters. The molecule has 0 aliphatic rings. The molecule has 0 aliphatic heterocycles. The van der Waals surface area contributed by atoms with Gasteiger partial charge in [0.2, 0.25) is 5.88 Å². The van der Waals surface area contributed by atoms with Gasteiger partial charge in [-0.05, 0) is 35.3 Å². The van der Waals surface area contributed by atoms with E-state index in [9.17, 15) is 4.79 Å². The van der Waals surface area contributed by atoms with Crippen LogP contribution in [-0.4, -0.2) is 27.2 Å². The van der Waals surface area contributed by atoms with E-state index in [0.29, 0.717) is 0 Å². The second-order valence-electron chi connectivity index (χ2n) is 4.63. The first kappa shape index (κ1) is 15.0.